The second-order valence-corrected chi connectivity index (χ2v) is 4.98. The van der Waals surface area contributed by atoms with Crippen molar-refractivity contribution in [1.29, 1.82) is 0 Å². The molecular weight excluding hydrogens is 328 g/mol. The molecule has 0 saturated carbocycles. The standard InChI is InChI=1S/C14H13BrO5/c1-4-18-14(17)13-7(2)19-11-6-10(15)12(5-9(11)13)20-8(3)16/h5-6H,4H2,1-3H3. The van der Waals surface area contributed by atoms with Crippen molar-refractivity contribution in [2.24, 2.45) is 0 Å². The van der Waals surface area contributed by atoms with Crippen molar-refractivity contribution in [3.63, 3.8) is 0 Å². The molecule has 0 spiro atoms. The molecule has 0 aliphatic rings. The number of halogens is 1. The number of esters is 2. The van der Waals surface area contributed by atoms with E-state index in [0.29, 0.717) is 32.5 Å². The number of rotatable bonds is 3. The summed E-state index contributed by atoms with van der Waals surface area (Å²) in [5, 5.41) is 0.556. The molecule has 0 N–H and O–H groups in total. The van der Waals surface area contributed by atoms with Crippen molar-refractivity contribution >= 4 is 38.8 Å². The molecule has 0 aliphatic heterocycles. The van der Waals surface area contributed by atoms with Gasteiger partial charge in [-0.1, -0.05) is 0 Å². The van der Waals surface area contributed by atoms with Gasteiger partial charge >= 0.3 is 11.9 Å². The highest BCUT2D eigenvalue weighted by Gasteiger charge is 2.21. The number of fused-ring (bicyclic) bond motifs is 1. The van der Waals surface area contributed by atoms with Crippen molar-refractivity contribution in [1.82, 2.24) is 0 Å². The highest BCUT2D eigenvalue weighted by Crippen LogP contribution is 2.35. The molecule has 20 heavy (non-hydrogen) atoms. The van der Waals surface area contributed by atoms with Crippen LogP contribution in [0.5, 0.6) is 5.75 Å². The lowest BCUT2D eigenvalue weighted by molar-refractivity contribution is -0.131. The van der Waals surface area contributed by atoms with Gasteiger partial charge in [-0.25, -0.2) is 4.79 Å². The van der Waals surface area contributed by atoms with Gasteiger partial charge in [-0.2, -0.15) is 0 Å². The van der Waals surface area contributed by atoms with Crippen LogP contribution in [0.15, 0.2) is 21.0 Å². The molecule has 0 fully saturated rings. The van der Waals surface area contributed by atoms with E-state index in [-0.39, 0.29) is 6.61 Å². The van der Waals surface area contributed by atoms with Gasteiger partial charge in [0.05, 0.1) is 11.1 Å². The van der Waals surface area contributed by atoms with E-state index in [0.717, 1.165) is 0 Å². The lowest BCUT2D eigenvalue weighted by Crippen LogP contribution is -2.05. The molecule has 6 heteroatoms. The maximum atomic E-state index is 12.0. The van der Waals surface area contributed by atoms with Gasteiger partial charge in [0, 0.05) is 12.3 Å². The SMILES string of the molecule is CCOC(=O)c1c(C)oc2cc(Br)c(OC(C)=O)cc12. The number of aryl methyl sites for hydroxylation is 1. The number of ether oxygens (including phenoxy) is 2. The van der Waals surface area contributed by atoms with E-state index in [1.54, 1.807) is 26.0 Å². The maximum absolute atomic E-state index is 12.0. The smallest absolute Gasteiger partial charge is 0.342 e. The molecule has 0 aliphatic carbocycles. The van der Waals surface area contributed by atoms with E-state index < -0.39 is 11.9 Å². The minimum absolute atomic E-state index is 0.276. The van der Waals surface area contributed by atoms with E-state index in [2.05, 4.69) is 15.9 Å². The van der Waals surface area contributed by atoms with Crippen molar-refractivity contribution in [3.05, 3.63) is 27.9 Å². The first-order valence-corrected chi connectivity index (χ1v) is 6.81. The zero-order valence-corrected chi connectivity index (χ0v) is 12.9. The van der Waals surface area contributed by atoms with Crippen LogP contribution in [0.4, 0.5) is 0 Å². The van der Waals surface area contributed by atoms with Gasteiger partial charge in [-0.3, -0.25) is 4.79 Å². The first kappa shape index (κ1) is 14.6. The zero-order chi connectivity index (χ0) is 14.9. The predicted molar refractivity (Wildman–Crippen MR) is 75.9 cm³/mol. The third-order valence-corrected chi connectivity index (χ3v) is 3.27. The molecule has 0 atom stereocenters. The van der Waals surface area contributed by atoms with Crippen LogP contribution in [0.1, 0.15) is 30.0 Å². The Morgan fingerprint density at radius 2 is 2.05 bits per heavy atom. The fraction of sp³-hybridized carbons (Fsp3) is 0.286. The summed E-state index contributed by atoms with van der Waals surface area (Å²) in [6, 6.07) is 3.24. The average Bonchev–Trinajstić information content (AvgIpc) is 2.64. The monoisotopic (exact) mass is 340 g/mol. The number of carbonyl (C=O) groups is 2. The minimum atomic E-state index is -0.458. The Morgan fingerprint density at radius 3 is 2.65 bits per heavy atom. The highest BCUT2D eigenvalue weighted by molar-refractivity contribution is 9.10. The van der Waals surface area contributed by atoms with Crippen molar-refractivity contribution in [3.8, 4) is 5.75 Å². The van der Waals surface area contributed by atoms with Gasteiger partial charge in [-0.15, -0.1) is 0 Å². The molecule has 0 amide bonds. The van der Waals surface area contributed by atoms with Crippen LogP contribution < -0.4 is 4.74 Å². The summed E-state index contributed by atoms with van der Waals surface area (Å²) in [5.41, 5.74) is 0.871. The van der Waals surface area contributed by atoms with E-state index in [9.17, 15) is 9.59 Å². The molecule has 0 unspecified atom stereocenters. The summed E-state index contributed by atoms with van der Waals surface area (Å²) >= 11 is 3.29. The number of benzene rings is 1. The number of hydrogen-bond donors (Lipinski definition) is 0. The molecule has 0 saturated heterocycles. The summed E-state index contributed by atoms with van der Waals surface area (Å²) in [5.74, 6) is -0.107. The van der Waals surface area contributed by atoms with Crippen LogP contribution in [-0.4, -0.2) is 18.5 Å². The number of furan rings is 1. The average molecular weight is 341 g/mol. The lowest BCUT2D eigenvalue weighted by Gasteiger charge is -2.05. The predicted octanol–water partition coefficient (Wildman–Crippen LogP) is 3.61. The number of carbonyl (C=O) groups excluding carboxylic acids is 2. The fourth-order valence-corrected chi connectivity index (χ4v) is 2.31. The minimum Gasteiger partial charge on any atom is -0.462 e. The summed E-state index contributed by atoms with van der Waals surface area (Å²) in [4.78, 5) is 23.0. The van der Waals surface area contributed by atoms with Gasteiger partial charge < -0.3 is 13.9 Å². The highest BCUT2D eigenvalue weighted by atomic mass is 79.9. The first-order chi connectivity index (χ1) is 9.43. The van der Waals surface area contributed by atoms with E-state index in [1.807, 2.05) is 0 Å². The van der Waals surface area contributed by atoms with Crippen LogP contribution >= 0.6 is 15.9 Å². The first-order valence-electron chi connectivity index (χ1n) is 6.02. The van der Waals surface area contributed by atoms with Crippen molar-refractivity contribution in [2.75, 3.05) is 6.61 Å². The molecule has 2 rings (SSSR count). The molecule has 1 aromatic heterocycles. The van der Waals surface area contributed by atoms with Crippen LogP contribution in [0, 0.1) is 6.92 Å². The maximum Gasteiger partial charge on any atom is 0.342 e. The van der Waals surface area contributed by atoms with Crippen LogP contribution in [-0.2, 0) is 9.53 Å². The second-order valence-electron chi connectivity index (χ2n) is 4.13. The molecule has 106 valence electrons. The Hall–Kier alpha value is -1.82. The van der Waals surface area contributed by atoms with E-state index in [1.165, 1.54) is 6.92 Å². The van der Waals surface area contributed by atoms with Gasteiger partial charge in [0.1, 0.15) is 22.7 Å². The molecule has 1 heterocycles. The van der Waals surface area contributed by atoms with Crippen LogP contribution in [0.25, 0.3) is 11.0 Å². The summed E-state index contributed by atoms with van der Waals surface area (Å²) in [6.45, 7) is 5.00. The third kappa shape index (κ3) is 2.70. The van der Waals surface area contributed by atoms with E-state index in [4.69, 9.17) is 13.9 Å². The van der Waals surface area contributed by atoms with Gasteiger partial charge in [0.2, 0.25) is 0 Å². The normalized spacial score (nSPS) is 10.6. The van der Waals surface area contributed by atoms with Crippen molar-refractivity contribution in [2.45, 2.75) is 20.8 Å². The Labute approximate surface area is 124 Å². The number of hydrogen-bond acceptors (Lipinski definition) is 5. The topological polar surface area (TPSA) is 65.7 Å². The van der Waals surface area contributed by atoms with Crippen molar-refractivity contribution < 1.29 is 23.5 Å². The molecule has 2 aromatic rings. The Kier molecular flexibility index (Phi) is 4.13. The third-order valence-electron chi connectivity index (χ3n) is 2.65. The molecule has 0 radical (unpaired) electrons. The van der Waals surface area contributed by atoms with Gasteiger partial charge in [0.15, 0.2) is 0 Å². The Balaban J connectivity index is 2.61. The quantitative estimate of drug-likeness (QED) is 0.630. The molecule has 1 aromatic carbocycles. The van der Waals surface area contributed by atoms with Crippen LogP contribution in [0.3, 0.4) is 0 Å². The zero-order valence-electron chi connectivity index (χ0n) is 11.3. The molecule has 5 nitrogen and oxygen atoms in total. The fourth-order valence-electron chi connectivity index (χ4n) is 1.91. The molecular formula is C14H13BrO5. The van der Waals surface area contributed by atoms with Crippen LogP contribution in [0.2, 0.25) is 0 Å². The second kappa shape index (κ2) is 5.66. The summed E-state index contributed by atoms with van der Waals surface area (Å²) in [6.07, 6.45) is 0. The van der Waals surface area contributed by atoms with E-state index >= 15 is 0 Å². The summed E-state index contributed by atoms with van der Waals surface area (Å²) in [7, 11) is 0. The Morgan fingerprint density at radius 1 is 1.35 bits per heavy atom. The Bertz CT molecular complexity index is 686. The largest absolute Gasteiger partial charge is 0.462 e. The summed E-state index contributed by atoms with van der Waals surface area (Å²) < 4.78 is 16.2. The van der Waals surface area contributed by atoms with Gasteiger partial charge in [-0.05, 0) is 41.9 Å². The lowest BCUT2D eigenvalue weighted by atomic mass is 10.1. The molecule has 0 bridgehead atoms. The van der Waals surface area contributed by atoms with Gasteiger partial charge in [0.25, 0.3) is 0 Å².